The van der Waals surface area contributed by atoms with E-state index in [2.05, 4.69) is 24.3 Å². The molecule has 3 aromatic carbocycles. The highest BCUT2D eigenvalue weighted by Crippen LogP contribution is 2.62. The molecule has 3 aliphatic carbocycles. The lowest BCUT2D eigenvalue weighted by Gasteiger charge is -2.37. The van der Waals surface area contributed by atoms with Crippen molar-refractivity contribution in [1.82, 2.24) is 0 Å². The van der Waals surface area contributed by atoms with Crippen molar-refractivity contribution >= 4 is 11.9 Å². The van der Waals surface area contributed by atoms with Gasteiger partial charge in [-0.2, -0.15) is 0 Å². The SMILES string of the molecule is Cc1ccc(C(=O)OC2C3CC(C2OC(=O)c2ccc(C)c(C)c2)C2c4ccccc4CC32)cc1C. The maximum Gasteiger partial charge on any atom is 0.338 e. The summed E-state index contributed by atoms with van der Waals surface area (Å²) in [6.45, 7) is 8.05. The van der Waals surface area contributed by atoms with Crippen LogP contribution in [0.25, 0.3) is 0 Å². The third-order valence-corrected chi connectivity index (χ3v) is 9.03. The average molecular weight is 481 g/mol. The predicted molar refractivity (Wildman–Crippen MR) is 138 cm³/mol. The summed E-state index contributed by atoms with van der Waals surface area (Å²) in [5, 5.41) is 0. The minimum atomic E-state index is -0.452. The molecule has 36 heavy (non-hydrogen) atoms. The Morgan fingerprint density at radius 1 is 0.667 bits per heavy atom. The molecule has 2 saturated carbocycles. The summed E-state index contributed by atoms with van der Waals surface area (Å²) in [7, 11) is 0. The third-order valence-electron chi connectivity index (χ3n) is 9.03. The Bertz CT molecular complexity index is 1370. The van der Waals surface area contributed by atoms with Gasteiger partial charge in [0.2, 0.25) is 0 Å². The summed E-state index contributed by atoms with van der Waals surface area (Å²) in [5.41, 5.74) is 8.23. The number of benzene rings is 3. The van der Waals surface area contributed by atoms with E-state index in [1.807, 2.05) is 64.1 Å². The molecule has 0 heterocycles. The first-order chi connectivity index (χ1) is 17.3. The maximum atomic E-state index is 13.3. The minimum Gasteiger partial charge on any atom is -0.455 e. The van der Waals surface area contributed by atoms with Crippen LogP contribution in [-0.2, 0) is 15.9 Å². The molecule has 2 fully saturated rings. The second-order valence-electron chi connectivity index (χ2n) is 11.0. The van der Waals surface area contributed by atoms with Gasteiger partial charge >= 0.3 is 11.9 Å². The number of hydrogen-bond acceptors (Lipinski definition) is 4. The van der Waals surface area contributed by atoms with Crippen LogP contribution >= 0.6 is 0 Å². The van der Waals surface area contributed by atoms with Gasteiger partial charge in [0, 0.05) is 11.8 Å². The third kappa shape index (κ3) is 3.66. The van der Waals surface area contributed by atoms with Crippen molar-refractivity contribution < 1.29 is 19.1 Å². The molecule has 3 aliphatic rings. The first kappa shape index (κ1) is 23.0. The van der Waals surface area contributed by atoms with E-state index < -0.39 is 12.2 Å². The smallest absolute Gasteiger partial charge is 0.338 e. The van der Waals surface area contributed by atoms with Crippen LogP contribution in [-0.4, -0.2) is 24.1 Å². The number of fused-ring (bicyclic) bond motifs is 7. The zero-order valence-electron chi connectivity index (χ0n) is 21.3. The predicted octanol–water partition coefficient (Wildman–Crippen LogP) is 6.28. The summed E-state index contributed by atoms with van der Waals surface area (Å²) in [6.07, 6.45) is 1.03. The Hall–Kier alpha value is -3.40. The van der Waals surface area contributed by atoms with E-state index in [4.69, 9.17) is 9.47 Å². The van der Waals surface area contributed by atoms with Gasteiger partial charge in [-0.25, -0.2) is 9.59 Å². The lowest BCUT2D eigenvalue weighted by Crippen LogP contribution is -2.45. The van der Waals surface area contributed by atoms with E-state index in [9.17, 15) is 9.59 Å². The molecule has 0 amide bonds. The van der Waals surface area contributed by atoms with E-state index >= 15 is 0 Å². The number of carbonyl (C=O) groups is 2. The molecule has 0 saturated heterocycles. The standard InChI is InChI=1S/C32H32O4/c1-17-9-11-22(13-19(17)3)31(33)35-29-26-16-27(28-24-8-6-5-7-21(24)15-25(26)28)30(29)36-32(34)23-12-10-18(2)20(4)14-23/h5-14,25-30H,15-16H2,1-4H3. The number of rotatable bonds is 4. The van der Waals surface area contributed by atoms with Crippen LogP contribution in [0.4, 0.5) is 0 Å². The van der Waals surface area contributed by atoms with Crippen molar-refractivity contribution in [2.24, 2.45) is 17.8 Å². The summed E-state index contributed by atoms with van der Waals surface area (Å²) in [4.78, 5) is 26.6. The topological polar surface area (TPSA) is 52.6 Å². The summed E-state index contributed by atoms with van der Waals surface area (Å²) in [5.74, 6) is 0.416. The normalized spacial score (nSPS) is 27.4. The minimum absolute atomic E-state index is 0.150. The average Bonchev–Trinajstić information content (AvgIpc) is 3.52. The fourth-order valence-corrected chi connectivity index (χ4v) is 6.89. The van der Waals surface area contributed by atoms with Crippen molar-refractivity contribution in [1.29, 1.82) is 0 Å². The number of ether oxygens (including phenoxy) is 2. The van der Waals surface area contributed by atoms with Gasteiger partial charge in [-0.15, -0.1) is 0 Å². The van der Waals surface area contributed by atoms with Crippen molar-refractivity contribution in [3.8, 4) is 0 Å². The molecule has 6 unspecified atom stereocenters. The fourth-order valence-electron chi connectivity index (χ4n) is 6.89. The highest BCUT2D eigenvalue weighted by Gasteiger charge is 2.63. The van der Waals surface area contributed by atoms with Crippen LogP contribution in [0.2, 0.25) is 0 Å². The largest absolute Gasteiger partial charge is 0.455 e. The molecule has 4 heteroatoms. The van der Waals surface area contributed by atoms with Crippen LogP contribution in [0.1, 0.15) is 66.4 Å². The Morgan fingerprint density at radius 3 is 1.81 bits per heavy atom. The molecule has 0 aliphatic heterocycles. The zero-order chi connectivity index (χ0) is 25.1. The maximum absolute atomic E-state index is 13.3. The highest BCUT2D eigenvalue weighted by atomic mass is 16.6. The molecule has 2 bridgehead atoms. The molecule has 6 rings (SSSR count). The highest BCUT2D eigenvalue weighted by molar-refractivity contribution is 5.91. The quantitative estimate of drug-likeness (QED) is 0.413. The lowest BCUT2D eigenvalue weighted by molar-refractivity contribution is -0.0698. The summed E-state index contributed by atoms with van der Waals surface area (Å²) < 4.78 is 12.4. The Balaban J connectivity index is 1.31. The van der Waals surface area contributed by atoms with Gasteiger partial charge in [-0.05, 0) is 110 Å². The van der Waals surface area contributed by atoms with Gasteiger partial charge in [-0.1, -0.05) is 36.4 Å². The summed E-state index contributed by atoms with van der Waals surface area (Å²) in [6, 6.07) is 19.9. The first-order valence-corrected chi connectivity index (χ1v) is 13.0. The molecule has 4 nitrogen and oxygen atoms in total. The van der Waals surface area contributed by atoms with Crippen molar-refractivity contribution in [3.63, 3.8) is 0 Å². The van der Waals surface area contributed by atoms with Gasteiger partial charge in [0.25, 0.3) is 0 Å². The number of aryl methyl sites for hydroxylation is 4. The van der Waals surface area contributed by atoms with Crippen LogP contribution in [0.3, 0.4) is 0 Å². The monoisotopic (exact) mass is 480 g/mol. The van der Waals surface area contributed by atoms with Gasteiger partial charge in [0.05, 0.1) is 11.1 Å². The van der Waals surface area contributed by atoms with E-state index in [-0.39, 0.29) is 23.8 Å². The molecule has 0 radical (unpaired) electrons. The number of carbonyl (C=O) groups excluding carboxylic acids is 2. The lowest BCUT2D eigenvalue weighted by atomic mass is 9.76. The molecular weight excluding hydrogens is 448 g/mol. The molecule has 0 aromatic heterocycles. The molecule has 0 N–H and O–H groups in total. The molecule has 0 spiro atoms. The van der Waals surface area contributed by atoms with Gasteiger partial charge in [-0.3, -0.25) is 0 Å². The van der Waals surface area contributed by atoms with Crippen molar-refractivity contribution in [2.75, 3.05) is 0 Å². The molecular formula is C32H32O4. The van der Waals surface area contributed by atoms with Crippen LogP contribution < -0.4 is 0 Å². The van der Waals surface area contributed by atoms with E-state index in [1.165, 1.54) is 11.1 Å². The van der Waals surface area contributed by atoms with Crippen LogP contribution in [0, 0.1) is 45.4 Å². The van der Waals surface area contributed by atoms with Gasteiger partial charge in [0.1, 0.15) is 12.2 Å². The second-order valence-corrected chi connectivity index (χ2v) is 11.0. The number of hydrogen-bond donors (Lipinski definition) is 0. The van der Waals surface area contributed by atoms with E-state index in [1.54, 1.807) is 0 Å². The van der Waals surface area contributed by atoms with Gasteiger partial charge < -0.3 is 9.47 Å². The van der Waals surface area contributed by atoms with E-state index in [0.717, 1.165) is 35.1 Å². The molecule has 3 aromatic rings. The molecule has 6 atom stereocenters. The fraction of sp³-hybridized carbons (Fsp3) is 0.375. The van der Waals surface area contributed by atoms with E-state index in [0.29, 0.717) is 23.0 Å². The van der Waals surface area contributed by atoms with Crippen LogP contribution in [0.5, 0.6) is 0 Å². The summed E-state index contributed by atoms with van der Waals surface area (Å²) >= 11 is 0. The first-order valence-electron chi connectivity index (χ1n) is 13.0. The Labute approximate surface area is 212 Å². The Morgan fingerprint density at radius 2 is 1.22 bits per heavy atom. The number of esters is 2. The van der Waals surface area contributed by atoms with Crippen molar-refractivity contribution in [2.45, 2.75) is 58.7 Å². The van der Waals surface area contributed by atoms with Crippen LogP contribution in [0.15, 0.2) is 60.7 Å². The second kappa shape index (κ2) is 8.62. The zero-order valence-corrected chi connectivity index (χ0v) is 21.3. The van der Waals surface area contributed by atoms with Gasteiger partial charge in [0.15, 0.2) is 0 Å². The Kier molecular flexibility index (Phi) is 5.51. The molecule has 184 valence electrons. The van der Waals surface area contributed by atoms with Crippen molar-refractivity contribution in [3.05, 3.63) is 105 Å².